The highest BCUT2D eigenvalue weighted by molar-refractivity contribution is 9.10. The molecule has 2 aromatic carbocycles. The lowest BCUT2D eigenvalue weighted by atomic mass is 10.1. The number of nitrogens with two attached hydrogens (primary N) is 1. The Morgan fingerprint density at radius 2 is 1.95 bits per heavy atom. The lowest BCUT2D eigenvalue weighted by molar-refractivity contribution is 0.253. The quantitative estimate of drug-likeness (QED) is 0.794. The van der Waals surface area contributed by atoms with E-state index in [1.54, 1.807) is 0 Å². The summed E-state index contributed by atoms with van der Waals surface area (Å²) >= 11 is 9.67. The number of anilines is 1. The Bertz CT molecular complexity index is 601. The Hall–Kier alpha value is -1.03. The minimum absolute atomic E-state index is 0.244. The molecule has 2 rings (SSSR count). The van der Waals surface area contributed by atoms with Gasteiger partial charge in [-0.05, 0) is 59.2 Å². The molecular formula is C16H18BrClN2. The summed E-state index contributed by atoms with van der Waals surface area (Å²) < 4.78 is 0.933. The molecule has 0 saturated carbocycles. The molecule has 0 amide bonds. The van der Waals surface area contributed by atoms with Crippen LogP contribution in [0.15, 0.2) is 46.9 Å². The molecule has 0 bridgehead atoms. The van der Waals surface area contributed by atoms with Crippen LogP contribution in [0.25, 0.3) is 0 Å². The smallest absolute Gasteiger partial charge is 0.0461 e. The van der Waals surface area contributed by atoms with Gasteiger partial charge in [0.25, 0.3) is 0 Å². The van der Waals surface area contributed by atoms with E-state index in [0.29, 0.717) is 0 Å². The first-order chi connectivity index (χ1) is 9.49. The summed E-state index contributed by atoms with van der Waals surface area (Å²) in [6.07, 6.45) is 0. The fourth-order valence-corrected chi connectivity index (χ4v) is 2.71. The van der Waals surface area contributed by atoms with E-state index in [9.17, 15) is 0 Å². The lowest BCUT2D eigenvalue weighted by Gasteiger charge is -2.26. The topological polar surface area (TPSA) is 29.3 Å². The van der Waals surface area contributed by atoms with Crippen molar-refractivity contribution in [1.29, 1.82) is 0 Å². The summed E-state index contributed by atoms with van der Waals surface area (Å²) in [6, 6.07) is 14.3. The molecule has 2 aromatic rings. The highest BCUT2D eigenvalue weighted by Gasteiger charge is 2.14. The van der Waals surface area contributed by atoms with Crippen molar-refractivity contribution in [2.45, 2.75) is 19.5 Å². The van der Waals surface area contributed by atoms with Gasteiger partial charge in [-0.1, -0.05) is 35.9 Å². The molecule has 0 saturated heterocycles. The molecule has 0 spiro atoms. The van der Waals surface area contributed by atoms with Gasteiger partial charge >= 0.3 is 0 Å². The number of rotatable bonds is 4. The fraction of sp³-hybridized carbons (Fsp3) is 0.250. The number of hydrogen-bond acceptors (Lipinski definition) is 2. The molecule has 0 aliphatic heterocycles. The zero-order chi connectivity index (χ0) is 14.7. The Morgan fingerprint density at radius 1 is 1.25 bits per heavy atom. The molecule has 2 N–H and O–H groups in total. The van der Waals surface area contributed by atoms with Crippen LogP contribution < -0.4 is 5.73 Å². The second-order valence-electron chi connectivity index (χ2n) is 4.97. The second kappa shape index (κ2) is 6.61. The van der Waals surface area contributed by atoms with Crippen molar-refractivity contribution >= 4 is 33.2 Å². The van der Waals surface area contributed by atoms with E-state index in [1.165, 1.54) is 5.56 Å². The molecule has 0 radical (unpaired) electrons. The van der Waals surface area contributed by atoms with Gasteiger partial charge < -0.3 is 5.73 Å². The first kappa shape index (κ1) is 15.4. The van der Waals surface area contributed by atoms with Gasteiger partial charge in [0.2, 0.25) is 0 Å². The lowest BCUT2D eigenvalue weighted by Crippen LogP contribution is -2.22. The van der Waals surface area contributed by atoms with Crippen molar-refractivity contribution < 1.29 is 0 Å². The Balaban J connectivity index is 2.13. The molecule has 0 aromatic heterocycles. The van der Waals surface area contributed by atoms with Crippen LogP contribution in [0.5, 0.6) is 0 Å². The number of nitrogen functional groups attached to an aromatic ring is 1. The monoisotopic (exact) mass is 352 g/mol. The molecule has 0 aliphatic rings. The zero-order valence-corrected chi connectivity index (χ0v) is 13.9. The van der Waals surface area contributed by atoms with E-state index in [2.05, 4.69) is 46.9 Å². The maximum Gasteiger partial charge on any atom is 0.0461 e. The van der Waals surface area contributed by atoms with E-state index < -0.39 is 0 Å². The number of benzene rings is 2. The van der Waals surface area contributed by atoms with Crippen LogP contribution in [-0.4, -0.2) is 11.9 Å². The average Bonchev–Trinajstić information content (AvgIpc) is 2.42. The van der Waals surface area contributed by atoms with Gasteiger partial charge in [-0.25, -0.2) is 0 Å². The van der Waals surface area contributed by atoms with Crippen molar-refractivity contribution in [2.75, 3.05) is 12.8 Å². The maximum absolute atomic E-state index is 6.26. The molecular weight excluding hydrogens is 336 g/mol. The number of halogens is 2. The van der Waals surface area contributed by atoms with E-state index in [0.717, 1.165) is 27.3 Å². The van der Waals surface area contributed by atoms with E-state index >= 15 is 0 Å². The highest BCUT2D eigenvalue weighted by Crippen LogP contribution is 2.28. The first-order valence-corrected chi connectivity index (χ1v) is 7.64. The Labute approximate surface area is 133 Å². The van der Waals surface area contributed by atoms with Crippen LogP contribution in [0.3, 0.4) is 0 Å². The standard InChI is InChI=1S/C16H18BrClN2/c1-11(13-5-3-4-6-15(13)18)20(2)10-12-7-8-14(17)16(19)9-12/h3-9,11H,10,19H2,1-2H3. The van der Waals surface area contributed by atoms with Gasteiger partial charge in [0, 0.05) is 27.8 Å². The minimum Gasteiger partial charge on any atom is -0.398 e. The van der Waals surface area contributed by atoms with Crippen molar-refractivity contribution in [3.8, 4) is 0 Å². The van der Waals surface area contributed by atoms with Gasteiger partial charge in [0.15, 0.2) is 0 Å². The van der Waals surface area contributed by atoms with Crippen LogP contribution in [0, 0.1) is 0 Å². The van der Waals surface area contributed by atoms with Gasteiger partial charge in [-0.15, -0.1) is 0 Å². The van der Waals surface area contributed by atoms with Crippen LogP contribution >= 0.6 is 27.5 Å². The first-order valence-electron chi connectivity index (χ1n) is 6.47. The molecule has 1 atom stereocenters. The van der Waals surface area contributed by atoms with Crippen LogP contribution in [0.4, 0.5) is 5.69 Å². The van der Waals surface area contributed by atoms with Gasteiger partial charge in [0.05, 0.1) is 0 Å². The van der Waals surface area contributed by atoms with Crippen molar-refractivity contribution in [3.05, 3.63) is 63.1 Å². The molecule has 2 nitrogen and oxygen atoms in total. The largest absolute Gasteiger partial charge is 0.398 e. The van der Waals surface area contributed by atoms with Crippen LogP contribution in [0.2, 0.25) is 5.02 Å². The van der Waals surface area contributed by atoms with Crippen molar-refractivity contribution in [3.63, 3.8) is 0 Å². The molecule has 0 heterocycles. The SMILES string of the molecule is CC(c1ccccc1Cl)N(C)Cc1ccc(Br)c(N)c1. The Morgan fingerprint density at radius 3 is 2.60 bits per heavy atom. The van der Waals surface area contributed by atoms with Crippen LogP contribution in [0.1, 0.15) is 24.1 Å². The van der Waals surface area contributed by atoms with E-state index in [1.807, 2.05) is 30.3 Å². The summed E-state index contributed by atoms with van der Waals surface area (Å²) in [6.45, 7) is 2.98. The molecule has 0 fully saturated rings. The zero-order valence-electron chi connectivity index (χ0n) is 11.6. The third-order valence-electron chi connectivity index (χ3n) is 3.51. The molecule has 4 heteroatoms. The Kier molecular flexibility index (Phi) is 5.08. The summed E-state index contributed by atoms with van der Waals surface area (Å²) in [5.74, 6) is 0. The highest BCUT2D eigenvalue weighted by atomic mass is 79.9. The summed E-state index contributed by atoms with van der Waals surface area (Å²) in [5, 5.41) is 0.808. The molecule has 106 valence electrons. The van der Waals surface area contributed by atoms with Crippen molar-refractivity contribution in [1.82, 2.24) is 4.90 Å². The molecule has 0 aliphatic carbocycles. The third kappa shape index (κ3) is 3.54. The normalized spacial score (nSPS) is 12.7. The second-order valence-corrected chi connectivity index (χ2v) is 6.23. The average molecular weight is 354 g/mol. The number of hydrogen-bond donors (Lipinski definition) is 1. The van der Waals surface area contributed by atoms with Gasteiger partial charge in [-0.2, -0.15) is 0 Å². The predicted molar refractivity (Wildman–Crippen MR) is 89.9 cm³/mol. The fourth-order valence-electron chi connectivity index (χ4n) is 2.17. The van der Waals surface area contributed by atoms with Crippen LogP contribution in [-0.2, 0) is 6.54 Å². The van der Waals surface area contributed by atoms with Gasteiger partial charge in [0.1, 0.15) is 0 Å². The minimum atomic E-state index is 0.244. The predicted octanol–water partition coefficient (Wildman–Crippen LogP) is 4.88. The summed E-state index contributed by atoms with van der Waals surface area (Å²) in [5.41, 5.74) is 9.01. The maximum atomic E-state index is 6.26. The molecule has 1 unspecified atom stereocenters. The van der Waals surface area contributed by atoms with Crippen molar-refractivity contribution in [2.24, 2.45) is 0 Å². The van der Waals surface area contributed by atoms with Gasteiger partial charge in [-0.3, -0.25) is 4.90 Å². The summed E-state index contributed by atoms with van der Waals surface area (Å²) in [4.78, 5) is 2.25. The summed E-state index contributed by atoms with van der Waals surface area (Å²) in [7, 11) is 2.09. The third-order valence-corrected chi connectivity index (χ3v) is 4.58. The number of nitrogens with zero attached hydrogens (tertiary/aromatic N) is 1. The van der Waals surface area contributed by atoms with E-state index in [-0.39, 0.29) is 6.04 Å². The van der Waals surface area contributed by atoms with E-state index in [4.69, 9.17) is 17.3 Å². The molecule has 20 heavy (non-hydrogen) atoms.